The number of ether oxygens (including phenoxy) is 2. The summed E-state index contributed by atoms with van der Waals surface area (Å²) in [5.74, 6) is -0.342. The second kappa shape index (κ2) is 13.8. The van der Waals surface area contributed by atoms with Crippen LogP contribution in [-0.4, -0.2) is 88.1 Å². The maximum atomic E-state index is 13.0. The zero-order chi connectivity index (χ0) is 33.9. The molecule has 3 aliphatic rings. The first-order chi connectivity index (χ1) is 23.2. The molecule has 0 aromatic heterocycles. The molecule has 13 nitrogen and oxygen atoms in total. The van der Waals surface area contributed by atoms with Crippen molar-refractivity contribution < 1.29 is 23.5 Å². The number of hydrogen-bond acceptors (Lipinski definition) is 8. The van der Waals surface area contributed by atoms with Crippen molar-refractivity contribution in [3.05, 3.63) is 107 Å². The predicted molar refractivity (Wildman–Crippen MR) is 183 cm³/mol. The lowest BCUT2D eigenvalue weighted by atomic mass is 10.1. The second-order valence-electron chi connectivity index (χ2n) is 13.0. The number of rotatable bonds is 10. The first kappa shape index (κ1) is 33.2. The molecule has 0 aliphatic carbocycles. The minimum absolute atomic E-state index is 0.121. The summed E-state index contributed by atoms with van der Waals surface area (Å²) in [5.41, 5.74) is 10.1. The summed E-state index contributed by atoms with van der Waals surface area (Å²) in [7, 11) is -1.42. The molecule has 7 atom stereocenters. The molecule has 0 bridgehead atoms. The number of amides is 3. The van der Waals surface area contributed by atoms with E-state index in [-0.39, 0.29) is 17.6 Å². The number of hydrogen-bond donors (Lipinski definition) is 3. The highest BCUT2D eigenvalue weighted by Crippen LogP contribution is 2.38. The van der Waals surface area contributed by atoms with Crippen molar-refractivity contribution in [1.82, 2.24) is 20.9 Å². The third-order valence-electron chi connectivity index (χ3n) is 9.19. The molecule has 0 saturated carbocycles. The van der Waals surface area contributed by atoms with Crippen molar-refractivity contribution >= 4 is 37.0 Å². The third kappa shape index (κ3) is 6.16. The van der Waals surface area contributed by atoms with E-state index in [1.54, 1.807) is 35.5 Å². The lowest BCUT2D eigenvalue weighted by Crippen LogP contribution is -2.70. The molecule has 250 valence electrons. The molecule has 14 heteroatoms. The highest BCUT2D eigenvalue weighted by molar-refractivity contribution is 6.99. The van der Waals surface area contributed by atoms with Crippen LogP contribution < -0.4 is 26.3 Å². The number of urea groups is 1. The number of fused-ring (bicyclic) bond motifs is 1. The molecule has 3 amide bonds. The molecule has 2 saturated heterocycles. The summed E-state index contributed by atoms with van der Waals surface area (Å²) >= 11 is 0. The Morgan fingerprint density at radius 3 is 2.19 bits per heavy atom. The van der Waals surface area contributed by atoms with E-state index in [0.717, 1.165) is 10.4 Å². The van der Waals surface area contributed by atoms with Gasteiger partial charge in [-0.15, -0.1) is 0 Å². The van der Waals surface area contributed by atoms with E-state index in [9.17, 15) is 15.1 Å². The van der Waals surface area contributed by atoms with E-state index in [4.69, 9.17) is 13.9 Å². The van der Waals surface area contributed by atoms with Gasteiger partial charge < -0.3 is 34.8 Å². The Morgan fingerprint density at radius 1 is 1.02 bits per heavy atom. The molecule has 4 unspecified atom stereocenters. The maximum absolute atomic E-state index is 13.0. The highest BCUT2D eigenvalue weighted by atomic mass is 28.4. The Balaban J connectivity index is 1.27. The van der Waals surface area contributed by atoms with Crippen LogP contribution in [0.25, 0.3) is 10.4 Å². The van der Waals surface area contributed by atoms with Crippen LogP contribution in [0, 0.1) is 0 Å². The minimum Gasteiger partial charge on any atom is -0.405 e. The van der Waals surface area contributed by atoms with E-state index < -0.39 is 57.2 Å². The van der Waals surface area contributed by atoms with E-state index >= 15 is 0 Å². The second-order valence-corrected chi connectivity index (χ2v) is 17.3. The van der Waals surface area contributed by atoms with Crippen LogP contribution in [0.4, 0.5) is 4.79 Å². The fraction of sp³-hybridized carbons (Fsp3) is 0.382. The molecule has 3 aromatic carbocycles. The van der Waals surface area contributed by atoms with Gasteiger partial charge in [-0.05, 0) is 33.1 Å². The van der Waals surface area contributed by atoms with E-state index in [1.165, 1.54) is 7.11 Å². The number of nitrogens with one attached hydrogen (secondary N) is 3. The molecule has 0 radical (unpaired) electrons. The zero-order valence-electron chi connectivity index (χ0n) is 27.3. The number of aliphatic imine (C=N–C) groups is 1. The summed E-state index contributed by atoms with van der Waals surface area (Å²) in [5, 5.41) is 14.6. The van der Waals surface area contributed by atoms with Crippen LogP contribution in [0.15, 0.2) is 101 Å². The fourth-order valence-electron chi connectivity index (χ4n) is 6.99. The van der Waals surface area contributed by atoms with Gasteiger partial charge in [-0.2, -0.15) is 0 Å². The van der Waals surface area contributed by atoms with Gasteiger partial charge in [0.2, 0.25) is 0 Å². The molecule has 3 N–H and O–H groups in total. The summed E-state index contributed by atoms with van der Waals surface area (Å²) in [4.78, 5) is 35.4. The number of azide groups is 1. The Hall–Kier alpha value is -4.72. The Morgan fingerprint density at radius 2 is 1.62 bits per heavy atom. The van der Waals surface area contributed by atoms with Crippen molar-refractivity contribution in [3.8, 4) is 0 Å². The molecule has 0 spiro atoms. The van der Waals surface area contributed by atoms with Gasteiger partial charge in [-0.25, -0.2) is 4.79 Å². The molecule has 3 heterocycles. The molecule has 6 rings (SSSR count). The zero-order valence-corrected chi connectivity index (χ0v) is 28.3. The number of methoxy groups -OCH3 is 1. The topological polar surface area (TPSA) is 162 Å². The normalized spacial score (nSPS) is 26.6. The number of carbonyl (C=O) groups is 2. The fourth-order valence-corrected chi connectivity index (χ4v) is 11.6. The van der Waals surface area contributed by atoms with Gasteiger partial charge in [-0.3, -0.25) is 9.79 Å². The van der Waals surface area contributed by atoms with Crippen molar-refractivity contribution in [2.75, 3.05) is 13.7 Å². The van der Waals surface area contributed by atoms with Gasteiger partial charge in [0.1, 0.15) is 24.5 Å². The lowest BCUT2D eigenvalue weighted by molar-refractivity contribution is -0.0906. The Bertz CT molecular complexity index is 1630. The summed E-state index contributed by atoms with van der Waals surface area (Å²) in [6, 6.07) is 27.4. The van der Waals surface area contributed by atoms with Crippen LogP contribution in [-0.2, 0) is 13.9 Å². The molecule has 2 fully saturated rings. The van der Waals surface area contributed by atoms with Crippen LogP contribution in [0.1, 0.15) is 31.1 Å². The quantitative estimate of drug-likeness (QED) is 0.130. The minimum atomic E-state index is -2.95. The van der Waals surface area contributed by atoms with E-state index in [0.29, 0.717) is 5.56 Å². The Labute approximate surface area is 280 Å². The molecule has 3 aromatic rings. The summed E-state index contributed by atoms with van der Waals surface area (Å²) in [6.45, 7) is 6.69. The molecule has 48 heavy (non-hydrogen) atoms. The van der Waals surface area contributed by atoms with Crippen molar-refractivity contribution in [2.45, 2.75) is 68.7 Å². The van der Waals surface area contributed by atoms with Crippen molar-refractivity contribution in [2.24, 2.45) is 10.1 Å². The maximum Gasteiger partial charge on any atom is 0.318 e. The van der Waals surface area contributed by atoms with E-state index in [1.807, 2.05) is 42.5 Å². The van der Waals surface area contributed by atoms with Gasteiger partial charge in [0.15, 0.2) is 6.23 Å². The SMILES string of the molecule is COC1[C@@H](N=[N+]=[N-])[C@@H](CO[Si](c2ccccc2)(c2ccccc2)C(C)(C)C)O[C@H]1N1C=NC2C(NC(=O)c3ccccc3)NC(=O)NC21. The van der Waals surface area contributed by atoms with Crippen LogP contribution in [0.3, 0.4) is 0 Å². The van der Waals surface area contributed by atoms with Gasteiger partial charge in [0, 0.05) is 17.6 Å². The number of nitrogens with zero attached hydrogens (tertiary/aromatic N) is 5. The van der Waals surface area contributed by atoms with Crippen LogP contribution in [0.5, 0.6) is 0 Å². The van der Waals surface area contributed by atoms with Crippen LogP contribution >= 0.6 is 0 Å². The van der Waals surface area contributed by atoms with Gasteiger partial charge >= 0.3 is 6.03 Å². The standard InChI is InChI=1S/C34H40N8O5Si/c1-34(2,3)48(23-16-10-6-11-17-23,24-18-12-7-13-19-24)46-20-25-26(40-41-35)28(45-4)32(47-25)42-21-36-27-29(38-33(44)39-30(27)42)37-31(43)22-14-8-5-9-15-22/h5-19,21,25-30,32H,20H2,1-4H3,(H,37,43)(H2,38,39,44)/t25-,26+,27?,28?,29?,30?,32-/m1/s1. The first-order valence-corrected chi connectivity index (χ1v) is 17.8. The smallest absolute Gasteiger partial charge is 0.318 e. The van der Waals surface area contributed by atoms with Gasteiger partial charge in [-0.1, -0.05) is 105 Å². The van der Waals surface area contributed by atoms with Crippen molar-refractivity contribution in [1.29, 1.82) is 0 Å². The van der Waals surface area contributed by atoms with E-state index in [2.05, 4.69) is 76.0 Å². The van der Waals surface area contributed by atoms with Gasteiger partial charge in [0.05, 0.1) is 25.1 Å². The predicted octanol–water partition coefficient (Wildman–Crippen LogP) is 3.09. The summed E-state index contributed by atoms with van der Waals surface area (Å²) in [6.07, 6.45) is -2.08. The summed E-state index contributed by atoms with van der Waals surface area (Å²) < 4.78 is 19.7. The van der Waals surface area contributed by atoms with Crippen LogP contribution in [0.2, 0.25) is 5.04 Å². The van der Waals surface area contributed by atoms with Gasteiger partial charge in [0.25, 0.3) is 14.2 Å². The third-order valence-corrected chi connectivity index (χ3v) is 14.2. The largest absolute Gasteiger partial charge is 0.405 e. The average Bonchev–Trinajstić information content (AvgIpc) is 3.66. The lowest BCUT2D eigenvalue weighted by Gasteiger charge is -2.43. The first-order valence-electron chi connectivity index (χ1n) is 15.9. The molecular formula is C34H40N8O5Si. The molecule has 3 aliphatic heterocycles. The average molecular weight is 669 g/mol. The number of carbonyl (C=O) groups excluding carboxylic acids is 2. The molecular weight excluding hydrogens is 629 g/mol. The van der Waals surface area contributed by atoms with Crippen molar-refractivity contribution in [3.63, 3.8) is 0 Å². The Kier molecular flexibility index (Phi) is 9.53. The monoisotopic (exact) mass is 668 g/mol. The highest BCUT2D eigenvalue weighted by Gasteiger charge is 2.55. The number of benzene rings is 3.